The van der Waals surface area contributed by atoms with Crippen molar-refractivity contribution < 1.29 is 9.53 Å². The maximum Gasteiger partial charge on any atom is 0.197 e. The molecule has 0 N–H and O–H groups in total. The van der Waals surface area contributed by atoms with Gasteiger partial charge < -0.3 is 4.74 Å². The van der Waals surface area contributed by atoms with E-state index in [-0.39, 0.29) is 0 Å². The van der Waals surface area contributed by atoms with Crippen molar-refractivity contribution in [2.45, 2.75) is 11.3 Å². The number of alkyl halides is 2. The average molecular weight is 233 g/mol. The molecule has 1 aromatic rings. The largest absolute Gasteiger partial charge is 0.494 e. The van der Waals surface area contributed by atoms with Crippen LogP contribution in [-0.2, 0) is 9.13 Å². The van der Waals surface area contributed by atoms with Crippen molar-refractivity contribution in [2.75, 3.05) is 6.61 Å². The van der Waals surface area contributed by atoms with Gasteiger partial charge in [-0.1, -0.05) is 35.3 Å². The lowest BCUT2D eigenvalue weighted by Gasteiger charge is -2.12. The number of carbonyl (C=O) groups excluding carboxylic acids is 1. The fraction of sp³-hybridized carbons (Fsp3) is 0.300. The Morgan fingerprint density at radius 1 is 1.36 bits per heavy atom. The first-order valence-corrected chi connectivity index (χ1v) is 4.93. The molecule has 0 fully saturated rings. The molecule has 14 heavy (non-hydrogen) atoms. The van der Waals surface area contributed by atoms with Gasteiger partial charge in [0.25, 0.3) is 0 Å². The highest BCUT2D eigenvalue weighted by Gasteiger charge is 2.25. The van der Waals surface area contributed by atoms with Gasteiger partial charge in [0.2, 0.25) is 0 Å². The summed E-state index contributed by atoms with van der Waals surface area (Å²) >= 11 is 11.5. The first-order valence-electron chi connectivity index (χ1n) is 4.17. The van der Waals surface area contributed by atoms with E-state index < -0.39 is 4.33 Å². The Morgan fingerprint density at radius 3 is 2.36 bits per heavy atom. The average Bonchev–Trinajstić information content (AvgIpc) is 2.19. The summed E-state index contributed by atoms with van der Waals surface area (Å²) in [5.41, 5.74) is 0.541. The molecule has 0 unspecified atom stereocenters. The highest BCUT2D eigenvalue weighted by molar-refractivity contribution is 6.55. The Bertz CT molecular complexity index is 306. The molecule has 0 spiro atoms. The van der Waals surface area contributed by atoms with Crippen LogP contribution in [0.15, 0.2) is 24.3 Å². The van der Waals surface area contributed by atoms with Gasteiger partial charge in [-0.05, 0) is 24.6 Å². The molecule has 1 rings (SSSR count). The fourth-order valence-electron chi connectivity index (χ4n) is 1.01. The summed E-state index contributed by atoms with van der Waals surface area (Å²) in [5, 5.41) is 0. The second-order valence-corrected chi connectivity index (χ2v) is 4.08. The predicted molar refractivity (Wildman–Crippen MR) is 57.1 cm³/mol. The van der Waals surface area contributed by atoms with E-state index in [2.05, 4.69) is 0 Å². The van der Waals surface area contributed by atoms with Gasteiger partial charge in [-0.25, -0.2) is 0 Å². The smallest absolute Gasteiger partial charge is 0.197 e. The van der Waals surface area contributed by atoms with Crippen LogP contribution in [0.4, 0.5) is 0 Å². The van der Waals surface area contributed by atoms with Crippen LogP contribution in [0.1, 0.15) is 12.5 Å². The van der Waals surface area contributed by atoms with Gasteiger partial charge >= 0.3 is 0 Å². The summed E-state index contributed by atoms with van der Waals surface area (Å²) in [6, 6.07) is 6.78. The zero-order valence-electron chi connectivity index (χ0n) is 7.67. The molecule has 2 nitrogen and oxygen atoms in total. The number of carbonyl (C=O) groups is 1. The standard InChI is InChI=1S/C10H10Cl2O2/c1-2-14-9-5-3-8(4-6-9)10(11,12)7-13/h3-7H,2H2,1H3. The first kappa shape index (κ1) is 11.3. The Hall–Kier alpha value is -0.730. The van der Waals surface area contributed by atoms with Gasteiger partial charge in [0.15, 0.2) is 10.6 Å². The van der Waals surface area contributed by atoms with Gasteiger partial charge in [0.1, 0.15) is 5.75 Å². The minimum atomic E-state index is -1.47. The van der Waals surface area contributed by atoms with Crippen LogP contribution in [0.2, 0.25) is 0 Å². The summed E-state index contributed by atoms with van der Waals surface area (Å²) in [6.45, 7) is 2.49. The lowest BCUT2D eigenvalue weighted by molar-refractivity contribution is -0.108. The third-order valence-corrected chi connectivity index (χ3v) is 2.31. The van der Waals surface area contributed by atoms with Crippen LogP contribution in [-0.4, -0.2) is 12.9 Å². The van der Waals surface area contributed by atoms with Crippen LogP contribution in [0, 0.1) is 0 Å². The summed E-state index contributed by atoms with van der Waals surface area (Å²) < 4.78 is 3.77. The van der Waals surface area contributed by atoms with Crippen LogP contribution in [0.25, 0.3) is 0 Å². The molecular weight excluding hydrogens is 223 g/mol. The minimum absolute atomic E-state index is 0.492. The molecule has 0 aliphatic carbocycles. The van der Waals surface area contributed by atoms with Gasteiger partial charge in [0.05, 0.1) is 6.61 Å². The molecule has 0 aliphatic rings. The van der Waals surface area contributed by atoms with E-state index in [9.17, 15) is 4.79 Å². The Kier molecular flexibility index (Phi) is 3.78. The molecule has 0 amide bonds. The quantitative estimate of drug-likeness (QED) is 0.590. The molecule has 1 aromatic carbocycles. The Morgan fingerprint density at radius 2 is 1.93 bits per heavy atom. The number of halogens is 2. The van der Waals surface area contributed by atoms with Gasteiger partial charge in [-0.3, -0.25) is 4.79 Å². The van der Waals surface area contributed by atoms with Crippen LogP contribution in [0.3, 0.4) is 0 Å². The van der Waals surface area contributed by atoms with E-state index in [1.54, 1.807) is 24.3 Å². The Balaban J connectivity index is 2.88. The van der Waals surface area contributed by atoms with Crippen molar-refractivity contribution in [1.82, 2.24) is 0 Å². The van der Waals surface area contributed by atoms with Gasteiger partial charge in [-0.2, -0.15) is 0 Å². The molecule has 0 heterocycles. The van der Waals surface area contributed by atoms with Crippen LogP contribution in [0.5, 0.6) is 5.75 Å². The van der Waals surface area contributed by atoms with E-state index in [1.807, 2.05) is 6.92 Å². The van der Waals surface area contributed by atoms with Crippen molar-refractivity contribution in [3.05, 3.63) is 29.8 Å². The molecular formula is C10H10Cl2O2. The molecule has 0 aliphatic heterocycles. The monoisotopic (exact) mass is 232 g/mol. The SMILES string of the molecule is CCOc1ccc(C(Cl)(Cl)C=O)cc1. The molecule has 4 heteroatoms. The predicted octanol–water partition coefficient (Wildman–Crippen LogP) is 2.91. The third kappa shape index (κ3) is 2.63. The van der Waals surface area contributed by atoms with E-state index >= 15 is 0 Å². The highest BCUT2D eigenvalue weighted by atomic mass is 35.5. The number of hydrogen-bond acceptors (Lipinski definition) is 2. The van der Waals surface area contributed by atoms with Crippen molar-refractivity contribution in [3.8, 4) is 5.75 Å². The number of aldehydes is 1. The molecule has 0 saturated carbocycles. The maximum atomic E-state index is 10.5. The van der Waals surface area contributed by atoms with E-state index in [0.717, 1.165) is 5.75 Å². The fourth-order valence-corrected chi connectivity index (χ4v) is 1.26. The summed E-state index contributed by atoms with van der Waals surface area (Å²) in [6.07, 6.45) is 0.492. The summed E-state index contributed by atoms with van der Waals surface area (Å²) in [5.74, 6) is 0.728. The number of rotatable bonds is 4. The number of benzene rings is 1. The zero-order chi connectivity index (χ0) is 10.6. The van der Waals surface area contributed by atoms with Crippen LogP contribution >= 0.6 is 23.2 Å². The van der Waals surface area contributed by atoms with Gasteiger partial charge in [0, 0.05) is 0 Å². The second-order valence-electron chi connectivity index (χ2n) is 2.70. The second kappa shape index (κ2) is 4.67. The first-order chi connectivity index (χ1) is 6.60. The Labute approximate surface area is 92.8 Å². The molecule has 0 radical (unpaired) electrons. The molecule has 0 atom stereocenters. The van der Waals surface area contributed by atoms with E-state index in [1.165, 1.54) is 0 Å². The lowest BCUT2D eigenvalue weighted by Crippen LogP contribution is -2.11. The topological polar surface area (TPSA) is 26.3 Å². The summed E-state index contributed by atoms with van der Waals surface area (Å²) in [7, 11) is 0. The van der Waals surface area contributed by atoms with Crippen molar-refractivity contribution in [1.29, 1.82) is 0 Å². The van der Waals surface area contributed by atoms with Crippen molar-refractivity contribution >= 4 is 29.5 Å². The third-order valence-electron chi connectivity index (χ3n) is 1.70. The summed E-state index contributed by atoms with van der Waals surface area (Å²) in [4.78, 5) is 10.5. The molecule has 0 aromatic heterocycles. The highest BCUT2D eigenvalue weighted by Crippen LogP contribution is 2.32. The zero-order valence-corrected chi connectivity index (χ0v) is 9.18. The molecule has 0 bridgehead atoms. The minimum Gasteiger partial charge on any atom is -0.494 e. The maximum absolute atomic E-state index is 10.5. The van der Waals surface area contributed by atoms with Crippen molar-refractivity contribution in [3.63, 3.8) is 0 Å². The normalized spacial score (nSPS) is 11.1. The number of hydrogen-bond donors (Lipinski definition) is 0. The van der Waals surface area contributed by atoms with E-state index in [4.69, 9.17) is 27.9 Å². The van der Waals surface area contributed by atoms with E-state index in [0.29, 0.717) is 18.5 Å². The van der Waals surface area contributed by atoms with Gasteiger partial charge in [-0.15, -0.1) is 0 Å². The van der Waals surface area contributed by atoms with Crippen molar-refractivity contribution in [2.24, 2.45) is 0 Å². The molecule has 0 saturated heterocycles. The lowest BCUT2D eigenvalue weighted by atomic mass is 10.1. The number of ether oxygens (including phenoxy) is 1. The van der Waals surface area contributed by atoms with Crippen LogP contribution < -0.4 is 4.74 Å². The molecule has 76 valence electrons.